The van der Waals surface area contributed by atoms with Gasteiger partial charge in [-0.2, -0.15) is 0 Å². The molecule has 28 heavy (non-hydrogen) atoms. The lowest BCUT2D eigenvalue weighted by Crippen LogP contribution is -2.19. The van der Waals surface area contributed by atoms with Gasteiger partial charge in [-0.25, -0.2) is 9.97 Å². The second kappa shape index (κ2) is 8.67. The molecule has 1 aromatic heterocycles. The van der Waals surface area contributed by atoms with E-state index in [2.05, 4.69) is 15.3 Å². The molecule has 0 saturated carbocycles. The van der Waals surface area contributed by atoms with Crippen LogP contribution in [0.1, 0.15) is 33.8 Å². The Morgan fingerprint density at radius 2 is 1.79 bits per heavy atom. The van der Waals surface area contributed by atoms with Gasteiger partial charge >= 0.3 is 0 Å². The SMILES string of the molecule is CC(=O)c1cccc(NC(=O)C(Sc2nc(C)cc(N)n2)c2ccccc2)c1. The minimum atomic E-state index is -0.580. The smallest absolute Gasteiger partial charge is 0.242 e. The van der Waals surface area contributed by atoms with Crippen LogP contribution in [0.25, 0.3) is 0 Å². The largest absolute Gasteiger partial charge is 0.384 e. The van der Waals surface area contributed by atoms with Crippen molar-refractivity contribution in [3.8, 4) is 0 Å². The van der Waals surface area contributed by atoms with Crippen LogP contribution in [0.4, 0.5) is 11.5 Å². The van der Waals surface area contributed by atoms with Gasteiger partial charge in [0, 0.05) is 23.0 Å². The number of aryl methyl sites for hydroxylation is 1. The number of benzene rings is 2. The predicted octanol–water partition coefficient (Wildman–Crippen LogP) is 4.04. The van der Waals surface area contributed by atoms with Crippen LogP contribution in [-0.2, 0) is 4.79 Å². The molecule has 1 heterocycles. The fourth-order valence-electron chi connectivity index (χ4n) is 2.65. The number of aromatic nitrogens is 2. The van der Waals surface area contributed by atoms with Crippen LogP contribution in [-0.4, -0.2) is 21.7 Å². The molecule has 0 fully saturated rings. The topological polar surface area (TPSA) is 98.0 Å². The minimum Gasteiger partial charge on any atom is -0.384 e. The molecule has 2 aromatic carbocycles. The number of ketones is 1. The van der Waals surface area contributed by atoms with Crippen molar-refractivity contribution < 1.29 is 9.59 Å². The number of anilines is 2. The molecule has 0 radical (unpaired) electrons. The average molecular weight is 392 g/mol. The van der Waals surface area contributed by atoms with Crippen LogP contribution >= 0.6 is 11.8 Å². The van der Waals surface area contributed by atoms with Crippen molar-refractivity contribution in [1.29, 1.82) is 0 Å². The molecule has 6 nitrogen and oxygen atoms in total. The fraction of sp³-hybridized carbons (Fsp3) is 0.143. The standard InChI is InChI=1S/C21H20N4O2S/c1-13-11-18(22)25-21(23-13)28-19(15-7-4-3-5-8-15)20(27)24-17-10-6-9-16(12-17)14(2)26/h3-12,19H,1-2H3,(H,24,27)(H2,22,23,25). The third-order valence-electron chi connectivity index (χ3n) is 3.95. The van der Waals surface area contributed by atoms with Crippen LogP contribution < -0.4 is 11.1 Å². The molecule has 1 atom stereocenters. The lowest BCUT2D eigenvalue weighted by molar-refractivity contribution is -0.115. The Hall–Kier alpha value is -3.19. The molecule has 3 N–H and O–H groups in total. The van der Waals surface area contributed by atoms with Gasteiger partial charge in [-0.3, -0.25) is 9.59 Å². The number of nitrogen functional groups attached to an aromatic ring is 1. The second-order valence-corrected chi connectivity index (χ2v) is 7.32. The number of carbonyl (C=O) groups excluding carboxylic acids is 2. The normalized spacial score (nSPS) is 11.6. The minimum absolute atomic E-state index is 0.0614. The molecule has 3 aromatic rings. The van der Waals surface area contributed by atoms with Crippen molar-refractivity contribution >= 4 is 35.0 Å². The summed E-state index contributed by atoms with van der Waals surface area (Å²) in [7, 11) is 0. The lowest BCUT2D eigenvalue weighted by atomic mass is 10.1. The number of nitrogens with one attached hydrogen (secondary N) is 1. The Kier molecular flexibility index (Phi) is 6.06. The molecule has 0 spiro atoms. The Morgan fingerprint density at radius 1 is 1.04 bits per heavy atom. The van der Waals surface area contributed by atoms with Crippen molar-refractivity contribution in [2.45, 2.75) is 24.3 Å². The summed E-state index contributed by atoms with van der Waals surface area (Å²) < 4.78 is 0. The number of hydrogen-bond acceptors (Lipinski definition) is 6. The zero-order chi connectivity index (χ0) is 20.1. The molecule has 1 unspecified atom stereocenters. The zero-order valence-corrected chi connectivity index (χ0v) is 16.4. The van der Waals surface area contributed by atoms with Gasteiger partial charge < -0.3 is 11.1 Å². The van der Waals surface area contributed by atoms with Crippen molar-refractivity contribution in [3.05, 3.63) is 77.5 Å². The van der Waals surface area contributed by atoms with Crippen LogP contribution in [0.15, 0.2) is 65.8 Å². The summed E-state index contributed by atoms with van der Waals surface area (Å²) in [6, 6.07) is 17.9. The van der Waals surface area contributed by atoms with Gasteiger partial charge in [0.25, 0.3) is 0 Å². The highest BCUT2D eigenvalue weighted by molar-refractivity contribution is 8.00. The van der Waals surface area contributed by atoms with Gasteiger partial charge in [-0.1, -0.05) is 54.2 Å². The maximum atomic E-state index is 13.1. The van der Waals surface area contributed by atoms with Crippen molar-refractivity contribution in [2.24, 2.45) is 0 Å². The van der Waals surface area contributed by atoms with Crippen molar-refractivity contribution in [1.82, 2.24) is 9.97 Å². The number of nitrogens with zero attached hydrogens (tertiary/aromatic N) is 2. The van der Waals surface area contributed by atoms with E-state index in [1.165, 1.54) is 18.7 Å². The molecule has 0 aliphatic carbocycles. The summed E-state index contributed by atoms with van der Waals surface area (Å²) in [5.41, 5.74) is 8.47. The first-order chi connectivity index (χ1) is 13.4. The van der Waals surface area contributed by atoms with E-state index in [-0.39, 0.29) is 11.7 Å². The lowest BCUT2D eigenvalue weighted by Gasteiger charge is -2.17. The molecule has 0 aliphatic rings. The number of carbonyl (C=O) groups is 2. The summed E-state index contributed by atoms with van der Waals surface area (Å²) in [6.45, 7) is 3.32. The van der Waals surface area contributed by atoms with E-state index in [0.717, 1.165) is 11.3 Å². The predicted molar refractivity (Wildman–Crippen MR) is 111 cm³/mol. The highest BCUT2D eigenvalue weighted by Crippen LogP contribution is 2.35. The Bertz CT molecular complexity index is 988. The number of hydrogen-bond donors (Lipinski definition) is 2. The molecule has 142 valence electrons. The number of nitrogens with two attached hydrogens (primary N) is 1. The third kappa shape index (κ3) is 4.95. The Morgan fingerprint density at radius 3 is 2.46 bits per heavy atom. The molecular weight excluding hydrogens is 372 g/mol. The Labute approximate surface area is 167 Å². The first-order valence-electron chi connectivity index (χ1n) is 8.67. The summed E-state index contributed by atoms with van der Waals surface area (Å²) in [5, 5.41) is 2.74. The molecule has 3 rings (SSSR count). The third-order valence-corrected chi connectivity index (χ3v) is 5.07. The van der Waals surface area contributed by atoms with E-state index in [0.29, 0.717) is 22.2 Å². The van der Waals surface area contributed by atoms with E-state index >= 15 is 0 Å². The molecular formula is C21H20N4O2S. The van der Waals surface area contributed by atoms with Crippen LogP contribution in [0, 0.1) is 6.92 Å². The first kappa shape index (κ1) is 19.6. The quantitative estimate of drug-likeness (QED) is 0.373. The summed E-state index contributed by atoms with van der Waals surface area (Å²) >= 11 is 1.23. The van der Waals surface area contributed by atoms with Gasteiger partial charge in [-0.05, 0) is 31.5 Å². The van der Waals surface area contributed by atoms with Crippen LogP contribution in [0.5, 0.6) is 0 Å². The maximum Gasteiger partial charge on any atom is 0.242 e. The van der Waals surface area contributed by atoms with Gasteiger partial charge in [0.1, 0.15) is 11.1 Å². The highest BCUT2D eigenvalue weighted by Gasteiger charge is 2.24. The van der Waals surface area contributed by atoms with E-state index < -0.39 is 5.25 Å². The number of amides is 1. The Balaban J connectivity index is 1.89. The van der Waals surface area contributed by atoms with Gasteiger partial charge in [0.15, 0.2) is 10.9 Å². The van der Waals surface area contributed by atoms with Gasteiger partial charge in [0.05, 0.1) is 0 Å². The zero-order valence-electron chi connectivity index (χ0n) is 15.5. The maximum absolute atomic E-state index is 13.1. The van der Waals surface area contributed by atoms with Crippen molar-refractivity contribution in [2.75, 3.05) is 11.1 Å². The number of rotatable bonds is 6. The first-order valence-corrected chi connectivity index (χ1v) is 9.55. The molecule has 0 aliphatic heterocycles. The van der Waals surface area contributed by atoms with E-state index in [1.807, 2.05) is 37.3 Å². The second-order valence-electron chi connectivity index (χ2n) is 6.25. The molecule has 0 saturated heterocycles. The molecule has 1 amide bonds. The van der Waals surface area contributed by atoms with E-state index in [4.69, 9.17) is 5.73 Å². The van der Waals surface area contributed by atoms with Crippen molar-refractivity contribution in [3.63, 3.8) is 0 Å². The van der Waals surface area contributed by atoms with Crippen LogP contribution in [0.2, 0.25) is 0 Å². The monoisotopic (exact) mass is 392 g/mol. The number of Topliss-reactive ketones (excluding diaryl/α,β-unsaturated/α-hetero) is 1. The van der Waals surface area contributed by atoms with E-state index in [9.17, 15) is 9.59 Å². The summed E-state index contributed by atoms with van der Waals surface area (Å²) in [4.78, 5) is 33.3. The number of thioether (sulfide) groups is 1. The molecule has 0 bridgehead atoms. The highest BCUT2D eigenvalue weighted by atomic mass is 32.2. The average Bonchev–Trinajstić information content (AvgIpc) is 2.66. The summed E-state index contributed by atoms with van der Waals surface area (Å²) in [6.07, 6.45) is 0. The van der Waals surface area contributed by atoms with E-state index in [1.54, 1.807) is 30.3 Å². The van der Waals surface area contributed by atoms with Gasteiger partial charge in [-0.15, -0.1) is 0 Å². The summed E-state index contributed by atoms with van der Waals surface area (Å²) in [5.74, 6) is 0.0608. The van der Waals surface area contributed by atoms with Gasteiger partial charge in [0.2, 0.25) is 5.91 Å². The van der Waals surface area contributed by atoms with Crippen LogP contribution in [0.3, 0.4) is 0 Å². The fourth-order valence-corrected chi connectivity index (χ4v) is 3.67. The molecule has 7 heteroatoms.